The standard InChI is InChI=1S/C14H22O4.Na/c1-10(2)11-6-8-14(3,9-7-11)18-13(17)5-4-12(15)16;/h4-5,10-11H,6-9H2,1-3H3,(H,15,16);/q;+1/p-1/b5-4-;. The third-order valence-corrected chi connectivity index (χ3v) is 3.73. The van der Waals surface area contributed by atoms with E-state index in [9.17, 15) is 14.7 Å². The average molecular weight is 276 g/mol. The zero-order valence-electron chi connectivity index (χ0n) is 12.3. The second kappa shape index (κ2) is 8.08. The molecule has 0 heterocycles. The van der Waals surface area contributed by atoms with Gasteiger partial charge in [-0.1, -0.05) is 13.8 Å². The van der Waals surface area contributed by atoms with Gasteiger partial charge in [-0.25, -0.2) is 4.79 Å². The van der Waals surface area contributed by atoms with Crippen molar-refractivity contribution in [2.45, 2.75) is 52.1 Å². The molecule has 0 aromatic heterocycles. The Bertz CT molecular complexity index is 341. The molecule has 0 atom stereocenters. The van der Waals surface area contributed by atoms with Gasteiger partial charge in [0.15, 0.2) is 0 Å². The van der Waals surface area contributed by atoms with Gasteiger partial charge in [0.2, 0.25) is 0 Å². The monoisotopic (exact) mass is 276 g/mol. The predicted molar refractivity (Wildman–Crippen MR) is 65.4 cm³/mol. The molecule has 0 saturated heterocycles. The molecule has 0 unspecified atom stereocenters. The molecule has 0 aliphatic heterocycles. The van der Waals surface area contributed by atoms with Crippen molar-refractivity contribution < 1.29 is 49.0 Å². The van der Waals surface area contributed by atoms with E-state index in [1.54, 1.807) is 0 Å². The van der Waals surface area contributed by atoms with Crippen LogP contribution in [0.25, 0.3) is 0 Å². The van der Waals surface area contributed by atoms with Gasteiger partial charge in [0, 0.05) is 6.08 Å². The molecule has 0 N–H and O–H groups in total. The number of carbonyl (C=O) groups excluding carboxylic acids is 2. The van der Waals surface area contributed by atoms with Crippen LogP contribution < -0.4 is 34.7 Å². The number of carboxylic acid groups (broad SMARTS) is 1. The zero-order valence-corrected chi connectivity index (χ0v) is 14.3. The molecule has 4 nitrogen and oxygen atoms in total. The van der Waals surface area contributed by atoms with Crippen molar-refractivity contribution in [3.63, 3.8) is 0 Å². The Hall–Kier alpha value is -0.320. The molecule has 0 bridgehead atoms. The van der Waals surface area contributed by atoms with E-state index >= 15 is 0 Å². The van der Waals surface area contributed by atoms with Crippen molar-refractivity contribution >= 4 is 11.9 Å². The van der Waals surface area contributed by atoms with Crippen LogP contribution >= 0.6 is 0 Å². The van der Waals surface area contributed by atoms with E-state index in [1.807, 2.05) is 6.92 Å². The van der Waals surface area contributed by atoms with Crippen LogP contribution in [0.15, 0.2) is 12.2 Å². The Labute approximate surface area is 136 Å². The van der Waals surface area contributed by atoms with Crippen molar-refractivity contribution in [3.8, 4) is 0 Å². The number of esters is 1. The van der Waals surface area contributed by atoms with Crippen LogP contribution in [0.3, 0.4) is 0 Å². The van der Waals surface area contributed by atoms with Gasteiger partial charge in [-0.3, -0.25) is 0 Å². The zero-order chi connectivity index (χ0) is 13.8. The first kappa shape index (κ1) is 18.7. The third-order valence-electron chi connectivity index (χ3n) is 3.73. The van der Waals surface area contributed by atoms with Crippen molar-refractivity contribution in [1.82, 2.24) is 0 Å². The number of hydrogen-bond donors (Lipinski definition) is 0. The van der Waals surface area contributed by atoms with E-state index in [0.29, 0.717) is 17.9 Å². The van der Waals surface area contributed by atoms with Crippen LogP contribution in [0.1, 0.15) is 46.5 Å². The summed E-state index contributed by atoms with van der Waals surface area (Å²) < 4.78 is 5.34. The minimum absolute atomic E-state index is 0. The molecule has 1 aliphatic rings. The summed E-state index contributed by atoms with van der Waals surface area (Å²) in [4.78, 5) is 21.6. The first-order valence-corrected chi connectivity index (χ1v) is 6.44. The molecule has 0 spiro atoms. The van der Waals surface area contributed by atoms with Gasteiger partial charge in [-0.15, -0.1) is 0 Å². The Morgan fingerprint density at radius 2 is 1.79 bits per heavy atom. The molecule has 102 valence electrons. The Morgan fingerprint density at radius 1 is 1.26 bits per heavy atom. The molecule has 1 saturated carbocycles. The maximum absolute atomic E-state index is 11.4. The summed E-state index contributed by atoms with van der Waals surface area (Å²) in [5, 5.41) is 10.2. The fourth-order valence-electron chi connectivity index (χ4n) is 2.43. The van der Waals surface area contributed by atoms with Crippen LogP contribution in [-0.4, -0.2) is 17.5 Å². The van der Waals surface area contributed by atoms with Crippen molar-refractivity contribution in [2.24, 2.45) is 11.8 Å². The SMILES string of the molecule is CC(C)C1CCC(C)(OC(=O)/C=C\C(=O)[O-])CC1.[Na+]. The average Bonchev–Trinajstić information content (AvgIpc) is 2.26. The van der Waals surface area contributed by atoms with Gasteiger partial charge in [0.25, 0.3) is 0 Å². The minimum atomic E-state index is -1.39. The summed E-state index contributed by atoms with van der Waals surface area (Å²) in [7, 11) is 0. The topological polar surface area (TPSA) is 66.4 Å². The summed E-state index contributed by atoms with van der Waals surface area (Å²) in [6.45, 7) is 6.33. The maximum atomic E-state index is 11.4. The summed E-state index contributed by atoms with van der Waals surface area (Å²) in [5.41, 5.74) is -0.460. The van der Waals surface area contributed by atoms with Crippen molar-refractivity contribution in [3.05, 3.63) is 12.2 Å². The largest absolute Gasteiger partial charge is 1.00 e. The summed E-state index contributed by atoms with van der Waals surface area (Å²) >= 11 is 0. The third kappa shape index (κ3) is 6.59. The van der Waals surface area contributed by atoms with Crippen LogP contribution in [0.5, 0.6) is 0 Å². The quantitative estimate of drug-likeness (QED) is 0.354. The fraction of sp³-hybridized carbons (Fsp3) is 0.714. The van der Waals surface area contributed by atoms with Crippen LogP contribution in [0.2, 0.25) is 0 Å². The van der Waals surface area contributed by atoms with E-state index in [0.717, 1.165) is 31.8 Å². The Kier molecular flexibility index (Phi) is 7.94. The predicted octanol–water partition coefficient (Wildman–Crippen LogP) is -1.56. The summed E-state index contributed by atoms with van der Waals surface area (Å²) in [6, 6.07) is 0. The fourth-order valence-corrected chi connectivity index (χ4v) is 2.43. The molecule has 19 heavy (non-hydrogen) atoms. The van der Waals surface area contributed by atoms with Gasteiger partial charge in [0.1, 0.15) is 5.60 Å². The molecule has 1 fully saturated rings. The Balaban J connectivity index is 0.00000324. The van der Waals surface area contributed by atoms with E-state index < -0.39 is 17.5 Å². The molecule has 1 aliphatic carbocycles. The molecule has 0 aromatic rings. The number of carbonyl (C=O) groups is 2. The van der Waals surface area contributed by atoms with Crippen molar-refractivity contribution in [1.29, 1.82) is 0 Å². The molecule has 0 radical (unpaired) electrons. The number of carboxylic acids is 1. The van der Waals surface area contributed by atoms with Gasteiger partial charge in [-0.05, 0) is 50.5 Å². The van der Waals surface area contributed by atoms with Crippen LogP contribution in [-0.2, 0) is 14.3 Å². The number of hydrogen-bond acceptors (Lipinski definition) is 4. The second-order valence-electron chi connectivity index (χ2n) is 5.60. The van der Waals surface area contributed by atoms with E-state index in [-0.39, 0.29) is 29.6 Å². The van der Waals surface area contributed by atoms with Gasteiger partial charge in [0.05, 0.1) is 5.97 Å². The molecule has 0 amide bonds. The van der Waals surface area contributed by atoms with Gasteiger partial charge < -0.3 is 14.6 Å². The molecular formula is C14H21NaO4. The maximum Gasteiger partial charge on any atom is 1.00 e. The van der Waals surface area contributed by atoms with Gasteiger partial charge >= 0.3 is 35.5 Å². The second-order valence-corrected chi connectivity index (χ2v) is 5.60. The summed E-state index contributed by atoms with van der Waals surface area (Å²) in [6.07, 6.45) is 5.37. The number of ether oxygens (including phenoxy) is 1. The summed E-state index contributed by atoms with van der Waals surface area (Å²) in [5.74, 6) is -0.649. The Morgan fingerprint density at radius 3 is 2.21 bits per heavy atom. The van der Waals surface area contributed by atoms with E-state index in [1.165, 1.54) is 0 Å². The van der Waals surface area contributed by atoms with Gasteiger partial charge in [-0.2, -0.15) is 0 Å². The van der Waals surface area contributed by atoms with E-state index in [4.69, 9.17) is 4.74 Å². The smallest absolute Gasteiger partial charge is 0.545 e. The van der Waals surface area contributed by atoms with E-state index in [2.05, 4.69) is 13.8 Å². The molecular weight excluding hydrogens is 255 g/mol. The first-order valence-electron chi connectivity index (χ1n) is 6.44. The minimum Gasteiger partial charge on any atom is -0.545 e. The van der Waals surface area contributed by atoms with Crippen LogP contribution in [0, 0.1) is 11.8 Å². The number of rotatable bonds is 4. The normalized spacial score (nSPS) is 27.1. The molecule has 1 rings (SSSR count). The van der Waals surface area contributed by atoms with Crippen molar-refractivity contribution in [2.75, 3.05) is 0 Å². The van der Waals surface area contributed by atoms with Crippen LogP contribution in [0.4, 0.5) is 0 Å². The molecule has 0 aromatic carbocycles. The number of aliphatic carboxylic acids is 1. The molecule has 5 heteroatoms. The first-order chi connectivity index (χ1) is 8.32.